The van der Waals surface area contributed by atoms with Crippen molar-refractivity contribution in [2.75, 3.05) is 23.9 Å². The summed E-state index contributed by atoms with van der Waals surface area (Å²) < 4.78 is 15.6. The molecule has 2 heterocycles. The van der Waals surface area contributed by atoms with Gasteiger partial charge in [-0.1, -0.05) is 6.07 Å². The van der Waals surface area contributed by atoms with E-state index in [1.165, 1.54) is 24.3 Å². The summed E-state index contributed by atoms with van der Waals surface area (Å²) in [5, 5.41) is 2.42. The first kappa shape index (κ1) is 20.5. The number of amides is 2. The second kappa shape index (κ2) is 8.16. The molecular formula is C23H19FN4O2S. The number of carbonyl (C=O) groups is 2. The number of benzene rings is 2. The van der Waals surface area contributed by atoms with Crippen LogP contribution in [0.25, 0.3) is 11.8 Å². The summed E-state index contributed by atoms with van der Waals surface area (Å²) >= 11 is 5.16. The number of hydrogen-bond acceptors (Lipinski definition) is 4. The first-order valence-electron chi connectivity index (χ1n) is 9.47. The fraction of sp³-hybridized carbons (Fsp3) is 0.0870. The van der Waals surface area contributed by atoms with Crippen molar-refractivity contribution in [3.63, 3.8) is 0 Å². The van der Waals surface area contributed by atoms with Gasteiger partial charge in [0.15, 0.2) is 5.11 Å². The largest absolute Gasteiger partial charge is 0.378 e. The molecule has 0 spiro atoms. The number of aromatic nitrogens is 1. The van der Waals surface area contributed by atoms with Crippen LogP contribution < -0.4 is 15.1 Å². The molecule has 1 fully saturated rings. The molecule has 6 nitrogen and oxygen atoms in total. The van der Waals surface area contributed by atoms with Crippen molar-refractivity contribution in [1.82, 2.24) is 9.88 Å². The monoisotopic (exact) mass is 434 g/mol. The molecule has 8 heteroatoms. The second-order valence-corrected chi connectivity index (χ2v) is 7.54. The summed E-state index contributed by atoms with van der Waals surface area (Å²) in [4.78, 5) is 28.8. The molecule has 0 bridgehead atoms. The van der Waals surface area contributed by atoms with E-state index in [2.05, 4.69) is 5.32 Å². The zero-order valence-electron chi connectivity index (χ0n) is 16.9. The molecule has 2 amide bonds. The Morgan fingerprint density at radius 1 is 1.00 bits per heavy atom. The topological polar surface area (TPSA) is 57.6 Å². The SMILES string of the molecule is CN(C)c1ccc(-n2cccc2/C=C2\C(=O)NC(=S)N(c3cccc(F)c3)C2=O)cc1. The lowest BCUT2D eigenvalue weighted by Gasteiger charge is -2.29. The number of carbonyl (C=O) groups excluding carboxylic acids is 2. The number of rotatable bonds is 4. The lowest BCUT2D eigenvalue weighted by Crippen LogP contribution is -2.54. The summed E-state index contributed by atoms with van der Waals surface area (Å²) in [6.07, 6.45) is 3.35. The molecule has 0 unspecified atom stereocenters. The maximum Gasteiger partial charge on any atom is 0.270 e. The van der Waals surface area contributed by atoms with E-state index in [4.69, 9.17) is 12.2 Å². The van der Waals surface area contributed by atoms with Gasteiger partial charge in [0, 0.05) is 37.4 Å². The normalized spacial score (nSPS) is 15.4. The van der Waals surface area contributed by atoms with Crippen LogP contribution in [0.15, 0.2) is 72.4 Å². The van der Waals surface area contributed by atoms with Gasteiger partial charge in [-0.05, 0) is 72.9 Å². The number of halogens is 1. The fourth-order valence-corrected chi connectivity index (χ4v) is 3.59. The Balaban J connectivity index is 1.71. The van der Waals surface area contributed by atoms with Crippen LogP contribution in [-0.2, 0) is 9.59 Å². The van der Waals surface area contributed by atoms with E-state index in [0.29, 0.717) is 5.69 Å². The standard InChI is InChI=1S/C23H19FN4O2S/c1-26(2)16-8-10-17(11-9-16)27-12-4-7-18(27)14-20-21(29)25-23(31)28(22(20)30)19-6-3-5-15(24)13-19/h3-14H,1-2H3,(H,25,29,31)/b20-14+. The fourth-order valence-electron chi connectivity index (χ4n) is 3.31. The Morgan fingerprint density at radius 3 is 2.42 bits per heavy atom. The zero-order chi connectivity index (χ0) is 22.1. The van der Waals surface area contributed by atoms with Gasteiger partial charge in [-0.3, -0.25) is 19.8 Å². The van der Waals surface area contributed by atoms with Crippen LogP contribution in [-0.4, -0.2) is 35.6 Å². The van der Waals surface area contributed by atoms with Gasteiger partial charge in [0.05, 0.1) is 5.69 Å². The van der Waals surface area contributed by atoms with E-state index >= 15 is 0 Å². The Bertz CT molecular complexity index is 1210. The highest BCUT2D eigenvalue weighted by molar-refractivity contribution is 7.80. The van der Waals surface area contributed by atoms with E-state index in [0.717, 1.165) is 16.3 Å². The minimum absolute atomic E-state index is 0.0904. The van der Waals surface area contributed by atoms with Gasteiger partial charge in [-0.25, -0.2) is 4.39 Å². The predicted molar refractivity (Wildman–Crippen MR) is 123 cm³/mol. The van der Waals surface area contributed by atoms with Crippen LogP contribution >= 0.6 is 12.2 Å². The molecule has 31 heavy (non-hydrogen) atoms. The molecule has 3 aromatic rings. The van der Waals surface area contributed by atoms with Crippen molar-refractivity contribution in [3.8, 4) is 5.69 Å². The minimum atomic E-state index is -0.616. The second-order valence-electron chi connectivity index (χ2n) is 7.15. The molecule has 156 valence electrons. The lowest BCUT2D eigenvalue weighted by molar-refractivity contribution is -0.122. The van der Waals surface area contributed by atoms with Crippen molar-refractivity contribution in [3.05, 3.63) is 83.9 Å². The summed E-state index contributed by atoms with van der Waals surface area (Å²) in [5.41, 5.74) is 2.72. The van der Waals surface area contributed by atoms with Crippen LogP contribution in [0.1, 0.15) is 5.69 Å². The van der Waals surface area contributed by atoms with Crippen LogP contribution in [0.3, 0.4) is 0 Å². The Labute approximate surface area is 184 Å². The van der Waals surface area contributed by atoms with Gasteiger partial charge in [0.25, 0.3) is 11.8 Å². The molecule has 0 saturated carbocycles. The first-order valence-corrected chi connectivity index (χ1v) is 9.88. The third-order valence-corrected chi connectivity index (χ3v) is 5.17. The lowest BCUT2D eigenvalue weighted by atomic mass is 10.1. The molecule has 4 rings (SSSR count). The van der Waals surface area contributed by atoms with E-state index in [-0.39, 0.29) is 16.4 Å². The Kier molecular flexibility index (Phi) is 5.39. The first-order chi connectivity index (χ1) is 14.8. The molecular weight excluding hydrogens is 415 g/mol. The van der Waals surface area contributed by atoms with Crippen LogP contribution in [0.4, 0.5) is 15.8 Å². The maximum atomic E-state index is 13.7. The molecule has 2 aromatic carbocycles. The third kappa shape index (κ3) is 3.97. The number of anilines is 2. The predicted octanol–water partition coefficient (Wildman–Crippen LogP) is 3.51. The Morgan fingerprint density at radius 2 is 1.74 bits per heavy atom. The van der Waals surface area contributed by atoms with Gasteiger partial charge < -0.3 is 9.47 Å². The summed E-state index contributed by atoms with van der Waals surface area (Å²) in [6, 6.07) is 17.0. The zero-order valence-corrected chi connectivity index (χ0v) is 17.7. The van der Waals surface area contributed by atoms with Gasteiger partial charge in [0.1, 0.15) is 11.4 Å². The third-order valence-electron chi connectivity index (χ3n) is 4.88. The number of hydrogen-bond donors (Lipinski definition) is 1. The van der Waals surface area contributed by atoms with E-state index in [1.807, 2.05) is 60.1 Å². The molecule has 0 radical (unpaired) electrons. The highest BCUT2D eigenvalue weighted by Gasteiger charge is 2.34. The molecule has 1 aliphatic rings. The summed E-state index contributed by atoms with van der Waals surface area (Å²) in [5.74, 6) is -1.72. The van der Waals surface area contributed by atoms with E-state index in [9.17, 15) is 14.0 Å². The van der Waals surface area contributed by atoms with Crippen molar-refractivity contribution < 1.29 is 14.0 Å². The summed E-state index contributed by atoms with van der Waals surface area (Å²) in [7, 11) is 3.92. The van der Waals surface area contributed by atoms with Gasteiger partial charge in [-0.2, -0.15) is 0 Å². The van der Waals surface area contributed by atoms with Gasteiger partial charge in [0.2, 0.25) is 0 Å². The van der Waals surface area contributed by atoms with E-state index in [1.54, 1.807) is 12.1 Å². The van der Waals surface area contributed by atoms with Gasteiger partial charge >= 0.3 is 0 Å². The number of thiocarbonyl (C=S) groups is 1. The minimum Gasteiger partial charge on any atom is -0.378 e. The van der Waals surface area contributed by atoms with Crippen molar-refractivity contribution in [1.29, 1.82) is 0 Å². The maximum absolute atomic E-state index is 13.7. The van der Waals surface area contributed by atoms with Gasteiger partial charge in [-0.15, -0.1) is 0 Å². The van der Waals surface area contributed by atoms with Crippen LogP contribution in [0, 0.1) is 5.82 Å². The number of nitrogens with one attached hydrogen (secondary N) is 1. The molecule has 1 saturated heterocycles. The molecule has 0 atom stereocenters. The molecule has 1 aromatic heterocycles. The number of nitrogens with zero attached hydrogens (tertiary/aromatic N) is 3. The van der Waals surface area contributed by atoms with Crippen molar-refractivity contribution in [2.24, 2.45) is 0 Å². The smallest absolute Gasteiger partial charge is 0.270 e. The quantitative estimate of drug-likeness (QED) is 0.388. The average molecular weight is 434 g/mol. The summed E-state index contributed by atoms with van der Waals surface area (Å²) in [6.45, 7) is 0. The highest BCUT2D eigenvalue weighted by Crippen LogP contribution is 2.24. The molecule has 0 aliphatic carbocycles. The van der Waals surface area contributed by atoms with Crippen molar-refractivity contribution in [2.45, 2.75) is 0 Å². The van der Waals surface area contributed by atoms with E-state index < -0.39 is 17.6 Å². The Hall–Kier alpha value is -3.78. The highest BCUT2D eigenvalue weighted by atomic mass is 32.1. The van der Waals surface area contributed by atoms with Crippen LogP contribution in [0.5, 0.6) is 0 Å². The van der Waals surface area contributed by atoms with Crippen molar-refractivity contribution >= 4 is 46.6 Å². The molecule has 1 N–H and O–H groups in total. The average Bonchev–Trinajstić information content (AvgIpc) is 3.19. The van der Waals surface area contributed by atoms with Crippen LogP contribution in [0.2, 0.25) is 0 Å². The molecule has 1 aliphatic heterocycles.